The smallest absolute Gasteiger partial charge is 0.137 e. The third-order valence-corrected chi connectivity index (χ3v) is 7.07. The maximum atomic E-state index is 6.03. The fourth-order valence-electron chi connectivity index (χ4n) is 4.60. The van der Waals surface area contributed by atoms with Crippen LogP contribution in [0, 0.1) is 13.8 Å². The maximum absolute atomic E-state index is 6.03. The third-order valence-electron chi connectivity index (χ3n) is 7.07. The van der Waals surface area contributed by atoms with Gasteiger partial charge in [0.2, 0.25) is 0 Å². The van der Waals surface area contributed by atoms with Gasteiger partial charge >= 0.3 is 0 Å². The minimum atomic E-state index is 0.165. The first-order valence-corrected chi connectivity index (χ1v) is 15.3. The summed E-state index contributed by atoms with van der Waals surface area (Å²) < 4.78 is 33.8. The van der Waals surface area contributed by atoms with Gasteiger partial charge in [-0.05, 0) is 70.9 Å². The van der Waals surface area contributed by atoms with E-state index in [4.69, 9.17) is 28.0 Å². The van der Waals surface area contributed by atoms with Gasteiger partial charge < -0.3 is 28.0 Å². The quantitative estimate of drug-likeness (QED) is 0.122. The Morgan fingerprint density at radius 1 is 0.762 bits per heavy atom. The van der Waals surface area contributed by atoms with E-state index in [2.05, 4.69) is 53.7 Å². The summed E-state index contributed by atoms with van der Waals surface area (Å²) >= 11 is 0. The van der Waals surface area contributed by atoms with Crippen molar-refractivity contribution in [3.05, 3.63) is 88.7 Å². The molecule has 1 atom stereocenters. The van der Waals surface area contributed by atoms with Crippen LogP contribution in [0.3, 0.4) is 0 Å². The van der Waals surface area contributed by atoms with E-state index in [0.29, 0.717) is 19.8 Å². The molecule has 0 fully saturated rings. The van der Waals surface area contributed by atoms with E-state index in [9.17, 15) is 0 Å². The van der Waals surface area contributed by atoms with E-state index in [-0.39, 0.29) is 6.10 Å². The van der Waals surface area contributed by atoms with E-state index in [1.807, 2.05) is 25.1 Å². The monoisotopic (exact) mass is 578 g/mol. The van der Waals surface area contributed by atoms with Crippen molar-refractivity contribution in [2.45, 2.75) is 84.3 Å². The fourth-order valence-corrected chi connectivity index (χ4v) is 4.60. The highest BCUT2D eigenvalue weighted by atomic mass is 16.5. The molecule has 0 saturated carbocycles. The van der Waals surface area contributed by atoms with Crippen LogP contribution in [0.15, 0.2) is 69.2 Å². The number of nitrogens with zero attached hydrogens (tertiary/aromatic N) is 2. The van der Waals surface area contributed by atoms with Gasteiger partial charge in [-0.1, -0.05) is 51.8 Å². The zero-order valence-corrected chi connectivity index (χ0v) is 25.2. The molecule has 42 heavy (non-hydrogen) atoms. The van der Waals surface area contributed by atoms with Crippen LogP contribution < -0.4 is 4.74 Å². The number of aromatic nitrogens is 2. The lowest BCUT2D eigenvalue weighted by atomic mass is 10.0. The van der Waals surface area contributed by atoms with Crippen molar-refractivity contribution in [2.24, 2.45) is 0 Å². The van der Waals surface area contributed by atoms with E-state index < -0.39 is 0 Å². The summed E-state index contributed by atoms with van der Waals surface area (Å²) in [7, 11) is 0. The average molecular weight is 579 g/mol. The van der Waals surface area contributed by atoms with Crippen LogP contribution in [0.25, 0.3) is 0 Å². The molecule has 0 radical (unpaired) electrons. The van der Waals surface area contributed by atoms with E-state index >= 15 is 0 Å². The lowest BCUT2D eigenvalue weighted by molar-refractivity contribution is 0.0777. The SMILES string of the molecule is Cc1ccc(OCCCCOCCc2cc(CCC3=CCC(OCCCCCOCc4cc(C)on4)C=C3)on2)cc1. The Hall–Kier alpha value is -3.20. The molecule has 8 heteroatoms. The highest BCUT2D eigenvalue weighted by molar-refractivity contribution is 5.26. The number of aryl methyl sites for hydroxylation is 3. The first-order chi connectivity index (χ1) is 20.6. The molecule has 8 nitrogen and oxygen atoms in total. The Balaban J connectivity index is 0.957. The molecular formula is C34H46N2O6. The summed E-state index contributed by atoms with van der Waals surface area (Å²) in [6.45, 7) is 8.06. The molecule has 228 valence electrons. The molecule has 1 aliphatic rings. The molecule has 0 amide bonds. The van der Waals surface area contributed by atoms with Crippen molar-refractivity contribution in [1.29, 1.82) is 0 Å². The molecule has 0 bridgehead atoms. The van der Waals surface area contributed by atoms with Gasteiger partial charge in [-0.3, -0.25) is 0 Å². The summed E-state index contributed by atoms with van der Waals surface area (Å²) in [6.07, 6.45) is 15.4. The Morgan fingerprint density at radius 3 is 2.36 bits per heavy atom. The van der Waals surface area contributed by atoms with Gasteiger partial charge in [-0.15, -0.1) is 0 Å². The van der Waals surface area contributed by atoms with E-state index in [1.165, 1.54) is 11.1 Å². The van der Waals surface area contributed by atoms with Crippen LogP contribution >= 0.6 is 0 Å². The van der Waals surface area contributed by atoms with Crippen LogP contribution in [0.1, 0.15) is 73.4 Å². The van der Waals surface area contributed by atoms with Crippen molar-refractivity contribution in [3.8, 4) is 5.75 Å². The van der Waals surface area contributed by atoms with Gasteiger partial charge in [-0.2, -0.15) is 0 Å². The van der Waals surface area contributed by atoms with Crippen LogP contribution in [0.4, 0.5) is 0 Å². The van der Waals surface area contributed by atoms with E-state index in [1.54, 1.807) is 0 Å². The number of benzene rings is 1. The lowest BCUT2D eigenvalue weighted by Gasteiger charge is -2.17. The molecule has 0 spiro atoms. The molecule has 1 unspecified atom stereocenters. The molecule has 3 aromatic rings. The standard InChI is InChI=1S/C34H46N2O6/c1-27-8-13-32(14-9-27)40-22-7-6-19-37-23-18-30-25-34(42-35-30)17-12-29-10-15-33(16-11-29)39-21-5-3-4-20-38-26-31-24-28(2)41-36-31/h8-11,13-15,24-25,33H,3-7,12,16-23,26H2,1-2H3. The van der Waals surface area contributed by atoms with E-state index in [0.717, 1.165) is 106 Å². The van der Waals surface area contributed by atoms with Crippen molar-refractivity contribution in [2.75, 3.05) is 33.0 Å². The summed E-state index contributed by atoms with van der Waals surface area (Å²) in [6, 6.07) is 12.1. The number of rotatable bonds is 21. The topological polar surface area (TPSA) is 89.0 Å². The number of ether oxygens (including phenoxy) is 4. The zero-order valence-electron chi connectivity index (χ0n) is 25.2. The van der Waals surface area contributed by atoms with Crippen molar-refractivity contribution in [3.63, 3.8) is 0 Å². The second-order valence-electron chi connectivity index (χ2n) is 10.8. The second kappa shape index (κ2) is 18.4. The minimum absolute atomic E-state index is 0.165. The minimum Gasteiger partial charge on any atom is -0.494 e. The molecule has 2 heterocycles. The molecule has 1 aromatic carbocycles. The van der Waals surface area contributed by atoms with Crippen LogP contribution in [-0.2, 0) is 33.7 Å². The average Bonchev–Trinajstić information content (AvgIpc) is 3.64. The molecule has 0 saturated heterocycles. The Bertz CT molecular complexity index is 1210. The summed E-state index contributed by atoms with van der Waals surface area (Å²) in [5, 5.41) is 8.14. The summed E-state index contributed by atoms with van der Waals surface area (Å²) in [5.41, 5.74) is 4.36. The summed E-state index contributed by atoms with van der Waals surface area (Å²) in [5.74, 6) is 2.66. The fraction of sp³-hybridized carbons (Fsp3) is 0.529. The molecule has 2 aromatic heterocycles. The lowest BCUT2D eigenvalue weighted by Crippen LogP contribution is -2.12. The van der Waals surface area contributed by atoms with Crippen molar-refractivity contribution >= 4 is 0 Å². The largest absolute Gasteiger partial charge is 0.494 e. The molecular weight excluding hydrogens is 532 g/mol. The summed E-state index contributed by atoms with van der Waals surface area (Å²) in [4.78, 5) is 0. The van der Waals surface area contributed by atoms with Crippen LogP contribution in [0.5, 0.6) is 5.75 Å². The molecule has 0 aliphatic heterocycles. The molecule has 4 rings (SSSR count). The predicted octanol–water partition coefficient (Wildman–Crippen LogP) is 7.29. The number of allylic oxidation sites excluding steroid dienone is 2. The molecule has 1 aliphatic carbocycles. The number of unbranched alkanes of at least 4 members (excludes halogenated alkanes) is 3. The number of hydrogen-bond acceptors (Lipinski definition) is 8. The van der Waals surface area contributed by atoms with Crippen molar-refractivity contribution in [1.82, 2.24) is 10.3 Å². The predicted molar refractivity (Wildman–Crippen MR) is 162 cm³/mol. The van der Waals surface area contributed by atoms with Gasteiger partial charge in [0.1, 0.15) is 23.0 Å². The van der Waals surface area contributed by atoms with Gasteiger partial charge in [0, 0.05) is 44.8 Å². The van der Waals surface area contributed by atoms with Crippen molar-refractivity contribution < 1.29 is 28.0 Å². The Labute approximate surface area is 250 Å². The Morgan fingerprint density at radius 2 is 1.55 bits per heavy atom. The Kier molecular flexibility index (Phi) is 13.9. The highest BCUT2D eigenvalue weighted by Crippen LogP contribution is 2.19. The van der Waals surface area contributed by atoms with Gasteiger partial charge in [0.15, 0.2) is 0 Å². The molecule has 0 N–H and O–H groups in total. The van der Waals surface area contributed by atoms with Crippen LogP contribution in [0.2, 0.25) is 0 Å². The van der Waals surface area contributed by atoms with Gasteiger partial charge in [0.05, 0.1) is 31.6 Å². The highest BCUT2D eigenvalue weighted by Gasteiger charge is 2.11. The third kappa shape index (κ3) is 12.3. The first-order valence-electron chi connectivity index (χ1n) is 15.3. The van der Waals surface area contributed by atoms with Crippen LogP contribution in [-0.4, -0.2) is 49.5 Å². The maximum Gasteiger partial charge on any atom is 0.137 e. The second-order valence-corrected chi connectivity index (χ2v) is 10.8. The van der Waals surface area contributed by atoms with Gasteiger partial charge in [-0.25, -0.2) is 0 Å². The zero-order chi connectivity index (χ0) is 29.2. The number of hydrogen-bond donors (Lipinski definition) is 0. The van der Waals surface area contributed by atoms with Gasteiger partial charge in [0.25, 0.3) is 0 Å². The first kappa shape index (κ1) is 31.7. The normalized spacial score (nSPS) is 14.8.